The molecule has 3 aliphatic heterocycles. The van der Waals surface area contributed by atoms with Crippen LogP contribution in [0.1, 0.15) is 42.1 Å². The van der Waals surface area contributed by atoms with Gasteiger partial charge in [0.1, 0.15) is 11.5 Å². The van der Waals surface area contributed by atoms with Crippen molar-refractivity contribution in [1.82, 2.24) is 19.4 Å². The molecule has 1 amide bonds. The molecule has 0 unspecified atom stereocenters. The molecule has 4 heterocycles. The van der Waals surface area contributed by atoms with E-state index in [9.17, 15) is 4.79 Å². The lowest BCUT2D eigenvalue weighted by molar-refractivity contribution is 0.0411. The molecule has 130 valence electrons. The van der Waals surface area contributed by atoms with E-state index in [1.165, 1.54) is 0 Å². The third kappa shape index (κ3) is 3.00. The molecule has 0 radical (unpaired) electrons. The number of nitrogens with zero attached hydrogens (tertiary/aromatic N) is 4. The Hall–Kier alpha value is -1.66. The molecule has 0 saturated carbocycles. The topological polar surface area (TPSA) is 50.6 Å². The van der Waals surface area contributed by atoms with E-state index in [-0.39, 0.29) is 11.9 Å². The molecule has 6 heteroatoms. The molecule has 4 rings (SSSR count). The lowest BCUT2D eigenvalue weighted by Crippen LogP contribution is -2.40. The highest BCUT2D eigenvalue weighted by atomic mass is 16.5. The number of carbonyl (C=O) groups excluding carboxylic acids is 1. The Balaban J connectivity index is 1.46. The predicted octanol–water partition coefficient (Wildman–Crippen LogP) is 1.70. The summed E-state index contributed by atoms with van der Waals surface area (Å²) >= 11 is 0. The first kappa shape index (κ1) is 15.8. The van der Waals surface area contributed by atoms with Crippen LogP contribution in [0.2, 0.25) is 0 Å². The maximum Gasteiger partial charge on any atom is 0.274 e. The van der Waals surface area contributed by atoms with Crippen LogP contribution in [-0.4, -0.2) is 64.7 Å². The Labute approximate surface area is 143 Å². The molecule has 3 aliphatic rings. The van der Waals surface area contributed by atoms with Gasteiger partial charge in [0.05, 0.1) is 6.04 Å². The van der Waals surface area contributed by atoms with Crippen LogP contribution in [0.4, 0.5) is 0 Å². The van der Waals surface area contributed by atoms with Gasteiger partial charge in [0.15, 0.2) is 0 Å². The van der Waals surface area contributed by atoms with Gasteiger partial charge in [0.25, 0.3) is 5.91 Å². The summed E-state index contributed by atoms with van der Waals surface area (Å²) in [5.74, 6) is 1.80. The first-order valence-electron chi connectivity index (χ1n) is 9.05. The Bertz CT molecular complexity index is 625. The summed E-state index contributed by atoms with van der Waals surface area (Å²) in [4.78, 5) is 21.6. The van der Waals surface area contributed by atoms with Gasteiger partial charge < -0.3 is 14.2 Å². The molecule has 24 heavy (non-hydrogen) atoms. The van der Waals surface area contributed by atoms with E-state index in [4.69, 9.17) is 9.72 Å². The van der Waals surface area contributed by atoms with Crippen molar-refractivity contribution in [2.75, 3.05) is 39.4 Å². The third-order valence-corrected chi connectivity index (χ3v) is 5.52. The Morgan fingerprint density at radius 3 is 2.75 bits per heavy atom. The first-order chi connectivity index (χ1) is 11.7. The Kier molecular flexibility index (Phi) is 4.41. The molecule has 1 fully saturated rings. The zero-order chi connectivity index (χ0) is 16.5. The van der Waals surface area contributed by atoms with Crippen LogP contribution >= 0.6 is 0 Å². The van der Waals surface area contributed by atoms with Gasteiger partial charge in [-0.15, -0.1) is 0 Å². The molecule has 0 aromatic carbocycles. The van der Waals surface area contributed by atoms with Crippen LogP contribution in [-0.2, 0) is 11.3 Å². The average Bonchev–Trinajstić information content (AvgIpc) is 3.27. The van der Waals surface area contributed by atoms with E-state index in [0.717, 1.165) is 57.4 Å². The van der Waals surface area contributed by atoms with Gasteiger partial charge in [-0.1, -0.05) is 12.2 Å². The number of hydrogen-bond donors (Lipinski definition) is 0. The molecule has 0 aliphatic carbocycles. The number of aromatic nitrogens is 2. The number of rotatable bonds is 3. The van der Waals surface area contributed by atoms with Crippen molar-refractivity contribution in [3.05, 3.63) is 29.9 Å². The number of hydrogen-bond acceptors (Lipinski definition) is 4. The second-order valence-corrected chi connectivity index (χ2v) is 7.09. The molecule has 0 bridgehead atoms. The fourth-order valence-electron chi connectivity index (χ4n) is 3.95. The van der Waals surface area contributed by atoms with Gasteiger partial charge in [0.2, 0.25) is 0 Å². The standard InChI is InChI=1S/C18H26N4O2/c1-14-17-19-16(18(23)20-6-2-3-7-20)13-22(17)9-8-21(14)12-15-4-10-24-11-5-15/h2-3,13-15H,4-12H2,1H3/t14-/m0/s1. The molecule has 1 aromatic rings. The predicted molar refractivity (Wildman–Crippen MR) is 90.8 cm³/mol. The van der Waals surface area contributed by atoms with Crippen molar-refractivity contribution in [2.24, 2.45) is 5.92 Å². The second kappa shape index (κ2) is 6.69. The van der Waals surface area contributed by atoms with Crippen molar-refractivity contribution in [3.8, 4) is 0 Å². The van der Waals surface area contributed by atoms with Crippen LogP contribution in [0.5, 0.6) is 0 Å². The fourth-order valence-corrected chi connectivity index (χ4v) is 3.95. The van der Waals surface area contributed by atoms with Gasteiger partial charge >= 0.3 is 0 Å². The molecule has 1 atom stereocenters. The van der Waals surface area contributed by atoms with E-state index in [0.29, 0.717) is 18.8 Å². The van der Waals surface area contributed by atoms with E-state index >= 15 is 0 Å². The minimum Gasteiger partial charge on any atom is -0.381 e. The Morgan fingerprint density at radius 1 is 1.25 bits per heavy atom. The molecular weight excluding hydrogens is 304 g/mol. The molecule has 0 N–H and O–H groups in total. The van der Waals surface area contributed by atoms with Crippen molar-refractivity contribution in [2.45, 2.75) is 32.4 Å². The van der Waals surface area contributed by atoms with Gasteiger partial charge in [-0.25, -0.2) is 4.98 Å². The first-order valence-corrected chi connectivity index (χ1v) is 9.05. The monoisotopic (exact) mass is 330 g/mol. The largest absolute Gasteiger partial charge is 0.381 e. The summed E-state index contributed by atoms with van der Waals surface area (Å²) in [7, 11) is 0. The molecule has 1 aromatic heterocycles. The molecule has 1 saturated heterocycles. The third-order valence-electron chi connectivity index (χ3n) is 5.52. The molecule has 0 spiro atoms. The molecule has 6 nitrogen and oxygen atoms in total. The Morgan fingerprint density at radius 2 is 2.00 bits per heavy atom. The van der Waals surface area contributed by atoms with Crippen molar-refractivity contribution >= 4 is 5.91 Å². The average molecular weight is 330 g/mol. The zero-order valence-electron chi connectivity index (χ0n) is 14.4. The van der Waals surface area contributed by atoms with Crippen LogP contribution in [0.3, 0.4) is 0 Å². The van der Waals surface area contributed by atoms with Crippen LogP contribution in [0.25, 0.3) is 0 Å². The second-order valence-electron chi connectivity index (χ2n) is 7.09. The number of amides is 1. The summed E-state index contributed by atoms with van der Waals surface area (Å²) in [6.45, 7) is 8.45. The molecular formula is C18H26N4O2. The summed E-state index contributed by atoms with van der Waals surface area (Å²) in [5.41, 5.74) is 0.591. The minimum absolute atomic E-state index is 0.0464. The number of imidazole rings is 1. The summed E-state index contributed by atoms with van der Waals surface area (Å²) in [6.07, 6.45) is 8.32. The van der Waals surface area contributed by atoms with Crippen molar-refractivity contribution in [3.63, 3.8) is 0 Å². The highest BCUT2D eigenvalue weighted by Crippen LogP contribution is 2.28. The summed E-state index contributed by atoms with van der Waals surface area (Å²) in [6, 6.07) is 0.264. The maximum absolute atomic E-state index is 12.6. The normalized spacial score (nSPS) is 25.2. The SMILES string of the molecule is C[C@H]1c2nc(C(=O)N3CC=CC3)cn2CCN1CC1CCOCC1. The quantitative estimate of drug-likeness (QED) is 0.792. The van der Waals surface area contributed by atoms with E-state index in [1.54, 1.807) is 0 Å². The van der Waals surface area contributed by atoms with Gasteiger partial charge in [-0.2, -0.15) is 0 Å². The smallest absolute Gasteiger partial charge is 0.274 e. The zero-order valence-corrected chi connectivity index (χ0v) is 14.4. The van der Waals surface area contributed by atoms with E-state index < -0.39 is 0 Å². The number of fused-ring (bicyclic) bond motifs is 1. The fraction of sp³-hybridized carbons (Fsp3) is 0.667. The van der Waals surface area contributed by atoms with Crippen LogP contribution in [0.15, 0.2) is 18.3 Å². The van der Waals surface area contributed by atoms with Crippen molar-refractivity contribution < 1.29 is 9.53 Å². The summed E-state index contributed by atoms with van der Waals surface area (Å²) < 4.78 is 7.64. The number of carbonyl (C=O) groups is 1. The maximum atomic E-state index is 12.6. The van der Waals surface area contributed by atoms with E-state index in [2.05, 4.69) is 16.4 Å². The lowest BCUT2D eigenvalue weighted by atomic mass is 9.98. The summed E-state index contributed by atoms with van der Waals surface area (Å²) in [5, 5.41) is 0. The van der Waals surface area contributed by atoms with E-state index in [1.807, 2.05) is 23.2 Å². The lowest BCUT2D eigenvalue weighted by Gasteiger charge is -2.37. The van der Waals surface area contributed by atoms with Crippen molar-refractivity contribution in [1.29, 1.82) is 0 Å². The highest BCUT2D eigenvalue weighted by molar-refractivity contribution is 5.92. The van der Waals surface area contributed by atoms with Gasteiger partial charge in [-0.3, -0.25) is 9.69 Å². The van der Waals surface area contributed by atoms with Crippen LogP contribution in [0, 0.1) is 5.92 Å². The minimum atomic E-state index is 0.0464. The van der Waals surface area contributed by atoms with Gasteiger partial charge in [0, 0.05) is 52.1 Å². The van der Waals surface area contributed by atoms with Crippen LogP contribution < -0.4 is 0 Å². The number of ether oxygens (including phenoxy) is 1. The van der Waals surface area contributed by atoms with Gasteiger partial charge in [-0.05, 0) is 25.7 Å². The highest BCUT2D eigenvalue weighted by Gasteiger charge is 2.30.